The molecule has 0 spiro atoms. The molecular weight excluding hydrogens is 194 g/mol. The minimum Gasteiger partial charge on any atom is -0.478 e. The summed E-state index contributed by atoms with van der Waals surface area (Å²) in [6.45, 7) is 1.94. The van der Waals surface area contributed by atoms with Crippen LogP contribution >= 0.6 is 0 Å². The minimum absolute atomic E-state index is 0.151. The summed E-state index contributed by atoms with van der Waals surface area (Å²) in [7, 11) is 0. The number of carbonyl (C=O) groups is 1. The highest BCUT2D eigenvalue weighted by molar-refractivity contribution is 5.86. The van der Waals surface area contributed by atoms with Crippen molar-refractivity contribution >= 4 is 5.97 Å². The van der Waals surface area contributed by atoms with Crippen molar-refractivity contribution in [1.29, 1.82) is 0 Å². The van der Waals surface area contributed by atoms with Gasteiger partial charge in [0.25, 0.3) is 0 Å². The van der Waals surface area contributed by atoms with E-state index in [2.05, 4.69) is 10.1 Å². The van der Waals surface area contributed by atoms with Gasteiger partial charge >= 0.3 is 5.97 Å². The van der Waals surface area contributed by atoms with Crippen molar-refractivity contribution in [2.75, 3.05) is 0 Å². The Kier molecular flexibility index (Phi) is 2.21. The first kappa shape index (κ1) is 9.39. The van der Waals surface area contributed by atoms with E-state index in [1.54, 1.807) is 6.20 Å². The Balaban J connectivity index is 2.41. The van der Waals surface area contributed by atoms with Gasteiger partial charge in [0.15, 0.2) is 5.82 Å². The smallest absolute Gasteiger partial charge is 0.338 e. The van der Waals surface area contributed by atoms with Gasteiger partial charge in [0, 0.05) is 12.4 Å². The SMILES string of the molecule is Cc1ccnc(-n2cc(C(=O)O)cn2)c1. The summed E-state index contributed by atoms with van der Waals surface area (Å²) in [5, 5.41) is 12.6. The molecule has 0 aliphatic carbocycles. The topological polar surface area (TPSA) is 68.0 Å². The van der Waals surface area contributed by atoms with Crippen LogP contribution in [0.4, 0.5) is 0 Å². The van der Waals surface area contributed by atoms with Crippen LogP contribution < -0.4 is 0 Å². The maximum absolute atomic E-state index is 10.6. The van der Waals surface area contributed by atoms with Crippen LogP contribution in [0.2, 0.25) is 0 Å². The number of hydrogen-bond acceptors (Lipinski definition) is 3. The molecule has 2 aromatic rings. The maximum atomic E-state index is 10.6. The van der Waals surface area contributed by atoms with Crippen LogP contribution in [0.5, 0.6) is 0 Å². The summed E-state index contributed by atoms with van der Waals surface area (Å²) >= 11 is 0. The molecule has 0 unspecified atom stereocenters. The monoisotopic (exact) mass is 203 g/mol. The molecule has 5 nitrogen and oxygen atoms in total. The Morgan fingerprint density at radius 2 is 2.33 bits per heavy atom. The zero-order valence-corrected chi connectivity index (χ0v) is 8.08. The van der Waals surface area contributed by atoms with E-state index in [0.29, 0.717) is 5.82 Å². The van der Waals surface area contributed by atoms with E-state index in [4.69, 9.17) is 5.11 Å². The Bertz CT molecular complexity index is 505. The molecule has 0 bridgehead atoms. The van der Waals surface area contributed by atoms with Crippen LogP contribution in [0.3, 0.4) is 0 Å². The fourth-order valence-corrected chi connectivity index (χ4v) is 1.20. The minimum atomic E-state index is -0.992. The molecule has 0 aliphatic rings. The number of aromatic carboxylic acids is 1. The van der Waals surface area contributed by atoms with E-state index in [-0.39, 0.29) is 5.56 Å². The molecule has 0 aliphatic heterocycles. The molecular formula is C10H9N3O2. The molecule has 0 saturated heterocycles. The number of pyridine rings is 1. The molecule has 5 heteroatoms. The molecule has 2 aromatic heterocycles. The van der Waals surface area contributed by atoms with Gasteiger partial charge in [0.05, 0.1) is 11.8 Å². The number of hydrogen-bond donors (Lipinski definition) is 1. The molecule has 0 fully saturated rings. The molecule has 0 amide bonds. The summed E-state index contributed by atoms with van der Waals surface area (Å²) in [4.78, 5) is 14.7. The van der Waals surface area contributed by atoms with E-state index >= 15 is 0 Å². The van der Waals surface area contributed by atoms with Crippen molar-refractivity contribution in [3.8, 4) is 5.82 Å². The molecule has 15 heavy (non-hydrogen) atoms. The van der Waals surface area contributed by atoms with Crippen molar-refractivity contribution in [3.05, 3.63) is 41.9 Å². The number of aryl methyl sites for hydroxylation is 1. The number of rotatable bonds is 2. The largest absolute Gasteiger partial charge is 0.478 e. The summed E-state index contributed by atoms with van der Waals surface area (Å²) < 4.78 is 1.44. The molecule has 2 rings (SSSR count). The fourth-order valence-electron chi connectivity index (χ4n) is 1.20. The van der Waals surface area contributed by atoms with Crippen LogP contribution in [0.15, 0.2) is 30.7 Å². The van der Waals surface area contributed by atoms with Gasteiger partial charge in [0.2, 0.25) is 0 Å². The van der Waals surface area contributed by atoms with Gasteiger partial charge in [-0.15, -0.1) is 0 Å². The Hall–Kier alpha value is -2.17. The fraction of sp³-hybridized carbons (Fsp3) is 0.100. The van der Waals surface area contributed by atoms with Crippen LogP contribution in [0, 0.1) is 6.92 Å². The maximum Gasteiger partial charge on any atom is 0.338 e. The molecule has 0 radical (unpaired) electrons. The van der Waals surface area contributed by atoms with E-state index in [1.165, 1.54) is 17.1 Å². The van der Waals surface area contributed by atoms with Crippen molar-refractivity contribution in [2.45, 2.75) is 6.92 Å². The van der Waals surface area contributed by atoms with E-state index in [1.807, 2.05) is 19.1 Å². The Labute approximate surface area is 86.0 Å². The van der Waals surface area contributed by atoms with Gasteiger partial charge in [-0.3, -0.25) is 0 Å². The zero-order valence-electron chi connectivity index (χ0n) is 8.08. The second kappa shape index (κ2) is 3.53. The van der Waals surface area contributed by atoms with Crippen molar-refractivity contribution in [3.63, 3.8) is 0 Å². The predicted octanol–water partition coefficient (Wildman–Crippen LogP) is 1.27. The van der Waals surface area contributed by atoms with E-state index < -0.39 is 5.97 Å². The number of carboxylic acid groups (broad SMARTS) is 1. The average Bonchev–Trinajstić information content (AvgIpc) is 2.66. The van der Waals surface area contributed by atoms with Gasteiger partial charge in [-0.1, -0.05) is 0 Å². The Morgan fingerprint density at radius 1 is 1.53 bits per heavy atom. The lowest BCUT2D eigenvalue weighted by molar-refractivity contribution is 0.0697. The summed E-state index contributed by atoms with van der Waals surface area (Å²) in [5.74, 6) is -0.378. The summed E-state index contributed by atoms with van der Waals surface area (Å²) in [6, 6.07) is 3.70. The third-order valence-electron chi connectivity index (χ3n) is 1.97. The highest BCUT2D eigenvalue weighted by atomic mass is 16.4. The Morgan fingerprint density at radius 3 is 2.93 bits per heavy atom. The molecule has 0 atom stereocenters. The van der Waals surface area contributed by atoms with Crippen LogP contribution in [-0.2, 0) is 0 Å². The lowest BCUT2D eigenvalue weighted by atomic mass is 10.3. The number of nitrogens with zero attached hydrogens (tertiary/aromatic N) is 3. The first-order valence-corrected chi connectivity index (χ1v) is 4.38. The van der Waals surface area contributed by atoms with Crippen molar-refractivity contribution < 1.29 is 9.90 Å². The molecule has 76 valence electrons. The standard InChI is InChI=1S/C10H9N3O2/c1-7-2-3-11-9(4-7)13-6-8(5-12-13)10(14)15/h2-6H,1H3,(H,14,15). The molecule has 0 saturated carbocycles. The second-order valence-electron chi connectivity index (χ2n) is 3.17. The van der Waals surface area contributed by atoms with E-state index in [0.717, 1.165) is 5.56 Å². The van der Waals surface area contributed by atoms with Gasteiger partial charge in [-0.05, 0) is 24.6 Å². The normalized spacial score (nSPS) is 10.2. The third kappa shape index (κ3) is 1.85. The number of carboxylic acids is 1. The van der Waals surface area contributed by atoms with Crippen molar-refractivity contribution in [2.24, 2.45) is 0 Å². The lowest BCUT2D eigenvalue weighted by Crippen LogP contribution is -1.98. The summed E-state index contributed by atoms with van der Waals surface area (Å²) in [6.07, 6.45) is 4.39. The third-order valence-corrected chi connectivity index (χ3v) is 1.97. The van der Waals surface area contributed by atoms with Gasteiger partial charge in [0.1, 0.15) is 0 Å². The quantitative estimate of drug-likeness (QED) is 0.798. The first-order valence-electron chi connectivity index (χ1n) is 4.38. The number of aromatic nitrogens is 3. The van der Waals surface area contributed by atoms with Crippen LogP contribution in [0.1, 0.15) is 15.9 Å². The van der Waals surface area contributed by atoms with Crippen LogP contribution in [-0.4, -0.2) is 25.8 Å². The van der Waals surface area contributed by atoms with Crippen LogP contribution in [0.25, 0.3) is 5.82 Å². The van der Waals surface area contributed by atoms with E-state index in [9.17, 15) is 4.79 Å². The highest BCUT2D eigenvalue weighted by Gasteiger charge is 2.07. The zero-order chi connectivity index (χ0) is 10.8. The van der Waals surface area contributed by atoms with Gasteiger partial charge in [-0.25, -0.2) is 14.5 Å². The lowest BCUT2D eigenvalue weighted by Gasteiger charge is -1.99. The van der Waals surface area contributed by atoms with Crippen molar-refractivity contribution in [1.82, 2.24) is 14.8 Å². The summed E-state index contributed by atoms with van der Waals surface area (Å²) in [5.41, 5.74) is 1.20. The van der Waals surface area contributed by atoms with Gasteiger partial charge < -0.3 is 5.11 Å². The first-order chi connectivity index (χ1) is 7.16. The molecule has 0 aromatic carbocycles. The predicted molar refractivity (Wildman–Crippen MR) is 53.1 cm³/mol. The average molecular weight is 203 g/mol. The van der Waals surface area contributed by atoms with Gasteiger partial charge in [-0.2, -0.15) is 5.10 Å². The molecule has 2 heterocycles. The molecule has 1 N–H and O–H groups in total. The second-order valence-corrected chi connectivity index (χ2v) is 3.17. The highest BCUT2D eigenvalue weighted by Crippen LogP contribution is 2.07.